The van der Waals surface area contributed by atoms with Crippen LogP contribution in [0.1, 0.15) is 17.8 Å². The van der Waals surface area contributed by atoms with Crippen molar-refractivity contribution < 1.29 is 8.78 Å². The summed E-state index contributed by atoms with van der Waals surface area (Å²) >= 11 is 2.79. The van der Waals surface area contributed by atoms with Crippen molar-refractivity contribution in [3.63, 3.8) is 0 Å². The molecule has 0 saturated heterocycles. The van der Waals surface area contributed by atoms with Crippen molar-refractivity contribution in [1.82, 2.24) is 4.98 Å². The number of halogens is 3. The minimum Gasteiger partial charge on any atom is -0.357 e. The maximum absolute atomic E-state index is 12.2. The van der Waals surface area contributed by atoms with Gasteiger partial charge in [0.25, 0.3) is 6.43 Å². The number of aromatic nitrogens is 1. The number of aryl methyl sites for hydroxylation is 1. The van der Waals surface area contributed by atoms with E-state index >= 15 is 0 Å². The summed E-state index contributed by atoms with van der Waals surface area (Å²) in [6.07, 6.45) is -2.66. The van der Waals surface area contributed by atoms with Crippen molar-refractivity contribution in [2.24, 2.45) is 0 Å². The van der Waals surface area contributed by atoms with Crippen LogP contribution < -0.4 is 5.43 Å². The third kappa shape index (κ3) is 1.72. The molecule has 5 heteroatoms. The van der Waals surface area contributed by atoms with Gasteiger partial charge in [-0.15, -0.1) is 0 Å². The topological polar surface area (TPSA) is 32.9 Å². The average Bonchev–Trinajstić information content (AvgIpc) is 1.96. The number of pyridine rings is 1. The third-order valence-corrected chi connectivity index (χ3v) is 2.17. The van der Waals surface area contributed by atoms with E-state index in [1.165, 1.54) is 6.07 Å². The Balaban J connectivity index is 3.38. The Kier molecular flexibility index (Phi) is 2.62. The Morgan fingerprint density at radius 1 is 1.58 bits per heavy atom. The molecule has 66 valence electrons. The molecule has 1 N–H and O–H groups in total. The van der Waals surface area contributed by atoms with Crippen LogP contribution in [0.5, 0.6) is 0 Å². The smallest absolute Gasteiger partial charge is 0.279 e. The summed E-state index contributed by atoms with van der Waals surface area (Å²) in [5, 5.41) is 0. The van der Waals surface area contributed by atoms with Gasteiger partial charge in [0.05, 0.1) is 4.47 Å². The second kappa shape index (κ2) is 3.35. The highest BCUT2D eigenvalue weighted by Crippen LogP contribution is 2.22. The van der Waals surface area contributed by atoms with Gasteiger partial charge in [-0.05, 0) is 22.9 Å². The highest BCUT2D eigenvalue weighted by molar-refractivity contribution is 9.10. The van der Waals surface area contributed by atoms with Gasteiger partial charge < -0.3 is 4.98 Å². The van der Waals surface area contributed by atoms with Crippen LogP contribution in [-0.4, -0.2) is 4.98 Å². The second-order valence-electron chi connectivity index (χ2n) is 2.34. The first kappa shape index (κ1) is 9.38. The van der Waals surface area contributed by atoms with Crippen LogP contribution in [0.4, 0.5) is 8.78 Å². The van der Waals surface area contributed by atoms with Crippen molar-refractivity contribution in [1.29, 1.82) is 0 Å². The quantitative estimate of drug-likeness (QED) is 0.800. The lowest BCUT2D eigenvalue weighted by molar-refractivity contribution is 0.145. The summed E-state index contributed by atoms with van der Waals surface area (Å²) in [6, 6.07) is 1.26. The number of aromatic amines is 1. The molecule has 12 heavy (non-hydrogen) atoms. The number of hydrogen-bond donors (Lipinski definition) is 1. The van der Waals surface area contributed by atoms with E-state index < -0.39 is 11.9 Å². The van der Waals surface area contributed by atoms with E-state index in [1.54, 1.807) is 6.92 Å². The van der Waals surface area contributed by atoms with Crippen molar-refractivity contribution in [2.75, 3.05) is 0 Å². The highest BCUT2D eigenvalue weighted by Gasteiger charge is 2.14. The summed E-state index contributed by atoms with van der Waals surface area (Å²) in [5.41, 5.74) is -0.361. The zero-order chi connectivity index (χ0) is 9.30. The van der Waals surface area contributed by atoms with E-state index in [4.69, 9.17) is 0 Å². The minimum absolute atomic E-state index is 0.0944. The van der Waals surface area contributed by atoms with Crippen molar-refractivity contribution in [3.8, 4) is 0 Å². The maximum atomic E-state index is 12.2. The number of hydrogen-bond acceptors (Lipinski definition) is 1. The van der Waals surface area contributed by atoms with Crippen LogP contribution >= 0.6 is 15.9 Å². The van der Waals surface area contributed by atoms with Crippen LogP contribution in [0.3, 0.4) is 0 Å². The Hall–Kier alpha value is -0.710. The number of nitrogens with one attached hydrogen (secondary N) is 1. The molecule has 0 aliphatic rings. The zero-order valence-corrected chi connectivity index (χ0v) is 7.78. The van der Waals surface area contributed by atoms with Gasteiger partial charge in [0.1, 0.15) is 5.69 Å². The van der Waals surface area contributed by atoms with Gasteiger partial charge >= 0.3 is 0 Å². The number of alkyl halides is 2. The Morgan fingerprint density at radius 3 is 2.67 bits per heavy atom. The van der Waals surface area contributed by atoms with Crippen LogP contribution in [-0.2, 0) is 0 Å². The van der Waals surface area contributed by atoms with Crippen LogP contribution in [0, 0.1) is 6.92 Å². The Morgan fingerprint density at radius 2 is 2.17 bits per heavy atom. The molecule has 0 fully saturated rings. The molecule has 0 atom stereocenters. The average molecular weight is 238 g/mol. The van der Waals surface area contributed by atoms with E-state index in [0.717, 1.165) is 0 Å². The van der Waals surface area contributed by atoms with Crippen molar-refractivity contribution in [3.05, 3.63) is 32.2 Å². The maximum Gasteiger partial charge on any atom is 0.279 e. The van der Waals surface area contributed by atoms with Gasteiger partial charge in [-0.1, -0.05) is 0 Å². The van der Waals surface area contributed by atoms with Gasteiger partial charge in [0.2, 0.25) is 0 Å². The molecular formula is C7H6BrF2NO. The lowest BCUT2D eigenvalue weighted by Crippen LogP contribution is -2.08. The number of rotatable bonds is 1. The van der Waals surface area contributed by atoms with E-state index in [-0.39, 0.29) is 10.2 Å². The molecule has 2 nitrogen and oxygen atoms in total. The lowest BCUT2D eigenvalue weighted by Gasteiger charge is -2.03. The molecule has 1 rings (SSSR count). The fourth-order valence-electron chi connectivity index (χ4n) is 0.846. The zero-order valence-electron chi connectivity index (χ0n) is 6.20. The molecule has 0 aromatic carbocycles. The second-order valence-corrected chi connectivity index (χ2v) is 3.14. The monoisotopic (exact) mass is 237 g/mol. The summed E-state index contributed by atoms with van der Waals surface area (Å²) < 4.78 is 24.3. The molecule has 0 aliphatic carbocycles. The van der Waals surface area contributed by atoms with Crippen LogP contribution in [0.25, 0.3) is 0 Å². The predicted octanol–water partition coefficient (Wildman–Crippen LogP) is 2.38. The molecule has 1 heterocycles. The standard InChI is InChI=1S/C7H6BrF2NO/c1-3-2-4(12)5(8)6(11-3)7(9)10/h2,7H,1H3,(H,11,12). The van der Waals surface area contributed by atoms with Gasteiger partial charge in [-0.2, -0.15) is 0 Å². The van der Waals surface area contributed by atoms with Crippen LogP contribution in [0.15, 0.2) is 15.3 Å². The van der Waals surface area contributed by atoms with E-state index in [0.29, 0.717) is 5.69 Å². The normalized spacial score (nSPS) is 10.8. The molecule has 0 amide bonds. The first-order chi connectivity index (χ1) is 5.52. The molecule has 1 aromatic heterocycles. The van der Waals surface area contributed by atoms with Gasteiger partial charge in [0.15, 0.2) is 5.43 Å². The molecule has 0 spiro atoms. The molecule has 0 unspecified atom stereocenters. The van der Waals surface area contributed by atoms with E-state index in [1.807, 2.05) is 0 Å². The Bertz CT molecular complexity index is 348. The molecule has 0 bridgehead atoms. The van der Waals surface area contributed by atoms with E-state index in [9.17, 15) is 13.6 Å². The molecule has 1 aromatic rings. The fourth-order valence-corrected chi connectivity index (χ4v) is 1.23. The Labute approximate surface area is 75.7 Å². The minimum atomic E-state index is -2.66. The van der Waals surface area contributed by atoms with E-state index in [2.05, 4.69) is 20.9 Å². The van der Waals surface area contributed by atoms with Gasteiger partial charge in [-0.3, -0.25) is 4.79 Å². The molecule has 0 aliphatic heterocycles. The lowest BCUT2D eigenvalue weighted by atomic mass is 10.3. The molecule has 0 radical (unpaired) electrons. The third-order valence-electron chi connectivity index (χ3n) is 1.35. The van der Waals surface area contributed by atoms with Gasteiger partial charge in [-0.25, -0.2) is 8.78 Å². The first-order valence-corrected chi connectivity index (χ1v) is 3.99. The SMILES string of the molecule is Cc1cc(=O)c(Br)c(C(F)F)[nH]1. The molecular weight excluding hydrogens is 232 g/mol. The van der Waals surface area contributed by atoms with Gasteiger partial charge in [0, 0.05) is 11.8 Å². The predicted molar refractivity (Wildman–Crippen MR) is 44.5 cm³/mol. The first-order valence-electron chi connectivity index (χ1n) is 3.20. The summed E-state index contributed by atoms with van der Waals surface area (Å²) in [6.45, 7) is 1.56. The summed E-state index contributed by atoms with van der Waals surface area (Å²) in [5.74, 6) is 0. The van der Waals surface area contributed by atoms with Crippen molar-refractivity contribution in [2.45, 2.75) is 13.3 Å². The summed E-state index contributed by atoms with van der Waals surface area (Å²) in [7, 11) is 0. The highest BCUT2D eigenvalue weighted by atomic mass is 79.9. The largest absolute Gasteiger partial charge is 0.357 e. The van der Waals surface area contributed by atoms with Crippen LogP contribution in [0.2, 0.25) is 0 Å². The number of H-pyrrole nitrogens is 1. The summed E-state index contributed by atoms with van der Waals surface area (Å²) in [4.78, 5) is 13.4. The fraction of sp³-hybridized carbons (Fsp3) is 0.286. The molecule has 0 saturated carbocycles. The van der Waals surface area contributed by atoms with Crippen molar-refractivity contribution >= 4 is 15.9 Å².